The molecular formula is C22H27BrN2O2. The number of amides is 1. The Hall–Kier alpha value is -1.85. The number of hydrogen-bond donors (Lipinski definition) is 1. The topological polar surface area (TPSA) is 41.6 Å². The van der Waals surface area contributed by atoms with Gasteiger partial charge in [0.1, 0.15) is 5.75 Å². The largest absolute Gasteiger partial charge is 0.496 e. The predicted octanol–water partition coefficient (Wildman–Crippen LogP) is 4.55. The van der Waals surface area contributed by atoms with E-state index in [1.807, 2.05) is 31.2 Å². The lowest BCUT2D eigenvalue weighted by Gasteiger charge is -2.32. The lowest BCUT2D eigenvalue weighted by atomic mass is 9.94. The van der Waals surface area contributed by atoms with Crippen molar-refractivity contribution in [2.75, 3.05) is 20.2 Å². The monoisotopic (exact) mass is 430 g/mol. The first-order valence-corrected chi connectivity index (χ1v) is 10.3. The summed E-state index contributed by atoms with van der Waals surface area (Å²) in [6, 6.07) is 16.2. The van der Waals surface area contributed by atoms with E-state index in [2.05, 4.69) is 50.4 Å². The average Bonchev–Trinajstić information content (AvgIpc) is 2.70. The Balaban J connectivity index is 1.50. The number of piperidine rings is 1. The van der Waals surface area contributed by atoms with Gasteiger partial charge in [-0.05, 0) is 56.6 Å². The molecule has 0 saturated carbocycles. The summed E-state index contributed by atoms with van der Waals surface area (Å²) >= 11 is 3.47. The molecule has 0 aromatic heterocycles. The van der Waals surface area contributed by atoms with E-state index in [0.29, 0.717) is 0 Å². The minimum atomic E-state index is -0.0607. The quantitative estimate of drug-likeness (QED) is 0.730. The Morgan fingerprint density at radius 2 is 1.85 bits per heavy atom. The zero-order valence-corrected chi connectivity index (χ0v) is 17.5. The van der Waals surface area contributed by atoms with Crippen LogP contribution in [0.4, 0.5) is 0 Å². The third kappa shape index (κ3) is 5.33. The molecule has 0 spiro atoms. The van der Waals surface area contributed by atoms with Crippen LogP contribution in [0.3, 0.4) is 0 Å². The normalized spacial score (nSPS) is 16.7. The summed E-state index contributed by atoms with van der Waals surface area (Å²) in [6.45, 7) is 4.87. The minimum Gasteiger partial charge on any atom is -0.496 e. The molecule has 5 heteroatoms. The van der Waals surface area contributed by atoms with Crippen molar-refractivity contribution < 1.29 is 9.53 Å². The Morgan fingerprint density at radius 1 is 1.19 bits per heavy atom. The molecule has 0 aliphatic carbocycles. The number of nitrogens with one attached hydrogen (secondary N) is 1. The van der Waals surface area contributed by atoms with Crippen LogP contribution >= 0.6 is 15.9 Å². The number of halogens is 1. The second-order valence-corrected chi connectivity index (χ2v) is 8.06. The first kappa shape index (κ1) is 19.9. The maximum Gasteiger partial charge on any atom is 0.223 e. The fourth-order valence-electron chi connectivity index (χ4n) is 3.63. The molecule has 1 aliphatic rings. The molecule has 4 nitrogen and oxygen atoms in total. The van der Waals surface area contributed by atoms with Gasteiger partial charge in [0.25, 0.3) is 0 Å². The van der Waals surface area contributed by atoms with Gasteiger partial charge in [0.2, 0.25) is 5.91 Å². The second-order valence-electron chi connectivity index (χ2n) is 7.15. The van der Waals surface area contributed by atoms with Crippen molar-refractivity contribution in [1.82, 2.24) is 10.2 Å². The van der Waals surface area contributed by atoms with E-state index in [1.54, 1.807) is 7.11 Å². The van der Waals surface area contributed by atoms with Crippen molar-refractivity contribution in [1.29, 1.82) is 0 Å². The van der Waals surface area contributed by atoms with Crippen LogP contribution in [0.15, 0.2) is 53.0 Å². The van der Waals surface area contributed by atoms with Gasteiger partial charge in [0.05, 0.1) is 13.2 Å². The van der Waals surface area contributed by atoms with E-state index in [9.17, 15) is 4.79 Å². The van der Waals surface area contributed by atoms with Crippen LogP contribution in [0.1, 0.15) is 36.9 Å². The van der Waals surface area contributed by atoms with Crippen molar-refractivity contribution in [3.8, 4) is 5.75 Å². The SMILES string of the molecule is COc1ccccc1C(C)NC(=O)C1CCN(Cc2ccc(Br)cc2)CC1. The van der Waals surface area contributed by atoms with Crippen LogP contribution in [0, 0.1) is 5.92 Å². The zero-order chi connectivity index (χ0) is 19.2. The lowest BCUT2D eigenvalue weighted by molar-refractivity contribution is -0.127. The molecule has 144 valence electrons. The molecule has 1 fully saturated rings. The standard InChI is InChI=1S/C22H27BrN2O2/c1-16(20-5-3-4-6-21(20)27-2)24-22(26)18-11-13-25(14-12-18)15-17-7-9-19(23)10-8-17/h3-10,16,18H,11-15H2,1-2H3,(H,24,26). The molecular weight excluding hydrogens is 404 g/mol. The van der Waals surface area contributed by atoms with Gasteiger partial charge >= 0.3 is 0 Å². The van der Waals surface area contributed by atoms with E-state index < -0.39 is 0 Å². The first-order chi connectivity index (χ1) is 13.1. The molecule has 0 radical (unpaired) electrons. The summed E-state index contributed by atoms with van der Waals surface area (Å²) in [5.74, 6) is 1.05. The number of carbonyl (C=O) groups is 1. The van der Waals surface area contributed by atoms with Crippen molar-refractivity contribution >= 4 is 21.8 Å². The molecule has 1 aliphatic heterocycles. The van der Waals surface area contributed by atoms with Crippen LogP contribution in [-0.2, 0) is 11.3 Å². The van der Waals surface area contributed by atoms with Crippen LogP contribution in [0.5, 0.6) is 5.75 Å². The van der Waals surface area contributed by atoms with E-state index in [-0.39, 0.29) is 17.9 Å². The van der Waals surface area contributed by atoms with Gasteiger partial charge in [-0.3, -0.25) is 9.69 Å². The van der Waals surface area contributed by atoms with E-state index >= 15 is 0 Å². The number of carbonyl (C=O) groups excluding carboxylic acids is 1. The highest BCUT2D eigenvalue weighted by atomic mass is 79.9. The van der Waals surface area contributed by atoms with E-state index in [0.717, 1.165) is 48.3 Å². The highest BCUT2D eigenvalue weighted by Gasteiger charge is 2.26. The predicted molar refractivity (Wildman–Crippen MR) is 112 cm³/mol. The summed E-state index contributed by atoms with van der Waals surface area (Å²) in [6.07, 6.45) is 1.81. The molecule has 1 atom stereocenters. The third-order valence-electron chi connectivity index (χ3n) is 5.24. The van der Waals surface area contributed by atoms with E-state index in [4.69, 9.17) is 4.74 Å². The molecule has 2 aromatic carbocycles. The Labute approximate surface area is 170 Å². The number of benzene rings is 2. The van der Waals surface area contributed by atoms with Gasteiger partial charge in [-0.25, -0.2) is 0 Å². The number of nitrogens with zero attached hydrogens (tertiary/aromatic N) is 1. The first-order valence-electron chi connectivity index (χ1n) is 9.47. The maximum absolute atomic E-state index is 12.7. The summed E-state index contributed by atoms with van der Waals surface area (Å²) in [5, 5.41) is 3.17. The smallest absolute Gasteiger partial charge is 0.223 e. The number of rotatable bonds is 6. The van der Waals surface area contributed by atoms with Gasteiger partial charge < -0.3 is 10.1 Å². The van der Waals surface area contributed by atoms with Crippen LogP contribution in [0.25, 0.3) is 0 Å². The van der Waals surface area contributed by atoms with Gasteiger partial charge in [-0.15, -0.1) is 0 Å². The molecule has 1 saturated heterocycles. The van der Waals surface area contributed by atoms with Gasteiger partial charge in [-0.2, -0.15) is 0 Å². The average molecular weight is 431 g/mol. The summed E-state index contributed by atoms with van der Waals surface area (Å²) < 4.78 is 6.51. The number of hydrogen-bond acceptors (Lipinski definition) is 3. The third-order valence-corrected chi connectivity index (χ3v) is 5.77. The number of likely N-dealkylation sites (tertiary alicyclic amines) is 1. The summed E-state index contributed by atoms with van der Waals surface area (Å²) in [7, 11) is 1.66. The van der Waals surface area contributed by atoms with Crippen molar-refractivity contribution in [3.63, 3.8) is 0 Å². The second kappa shape index (κ2) is 9.38. The number of para-hydroxylation sites is 1. The Morgan fingerprint density at radius 3 is 2.52 bits per heavy atom. The van der Waals surface area contributed by atoms with Gasteiger partial charge in [0, 0.05) is 22.5 Å². The Bertz CT molecular complexity index is 755. The van der Waals surface area contributed by atoms with E-state index in [1.165, 1.54) is 5.56 Å². The zero-order valence-electron chi connectivity index (χ0n) is 16.0. The van der Waals surface area contributed by atoms with Crippen molar-refractivity contribution in [3.05, 3.63) is 64.1 Å². The van der Waals surface area contributed by atoms with Crippen LogP contribution < -0.4 is 10.1 Å². The summed E-state index contributed by atoms with van der Waals surface area (Å²) in [4.78, 5) is 15.1. The Kier molecular flexibility index (Phi) is 6.91. The molecule has 1 N–H and O–H groups in total. The fraction of sp³-hybridized carbons (Fsp3) is 0.409. The molecule has 27 heavy (non-hydrogen) atoms. The number of ether oxygens (including phenoxy) is 1. The molecule has 2 aromatic rings. The molecule has 1 unspecified atom stereocenters. The molecule has 0 bridgehead atoms. The van der Waals surface area contributed by atoms with Crippen LogP contribution in [0.2, 0.25) is 0 Å². The minimum absolute atomic E-state index is 0.0607. The molecule has 1 heterocycles. The molecule has 1 amide bonds. The molecule has 3 rings (SSSR count). The van der Waals surface area contributed by atoms with Crippen molar-refractivity contribution in [2.45, 2.75) is 32.4 Å². The highest BCUT2D eigenvalue weighted by Crippen LogP contribution is 2.26. The summed E-state index contributed by atoms with van der Waals surface area (Å²) in [5.41, 5.74) is 2.33. The van der Waals surface area contributed by atoms with Crippen molar-refractivity contribution in [2.24, 2.45) is 5.92 Å². The fourth-order valence-corrected chi connectivity index (χ4v) is 3.90. The van der Waals surface area contributed by atoms with Gasteiger partial charge in [-0.1, -0.05) is 46.3 Å². The maximum atomic E-state index is 12.7. The van der Waals surface area contributed by atoms with Crippen LogP contribution in [-0.4, -0.2) is 31.0 Å². The lowest BCUT2D eigenvalue weighted by Crippen LogP contribution is -2.40. The van der Waals surface area contributed by atoms with Gasteiger partial charge in [0.15, 0.2) is 0 Å². The highest BCUT2D eigenvalue weighted by molar-refractivity contribution is 9.10. The number of methoxy groups -OCH3 is 1.